The Morgan fingerprint density at radius 2 is 1.92 bits per heavy atom. The summed E-state index contributed by atoms with van der Waals surface area (Å²) in [5.74, 6) is 0.0219. The van der Waals surface area contributed by atoms with E-state index in [1.807, 2.05) is 6.92 Å². The normalized spacial score (nSPS) is 10.5. The minimum Gasteiger partial charge on any atom is -0.470 e. The number of hydrogen-bond acceptors (Lipinski definition) is 7. The largest absolute Gasteiger partial charge is 0.470 e. The van der Waals surface area contributed by atoms with Crippen molar-refractivity contribution in [3.63, 3.8) is 0 Å². The lowest BCUT2D eigenvalue weighted by Gasteiger charge is -2.09. The number of rotatable bonds is 8. The van der Waals surface area contributed by atoms with E-state index in [-0.39, 0.29) is 19.0 Å². The zero-order chi connectivity index (χ0) is 18.4. The standard InChI is InChI=1S/C17H16FN5O3/c1-12-16(23(22-19-12)15-5-2-13(18)3-6-15)10-26-17-7-4-14(20-21-17)8-9-25-11-24/h2-7,11H,8-10H2,1H3. The summed E-state index contributed by atoms with van der Waals surface area (Å²) in [4.78, 5) is 10.1. The van der Waals surface area contributed by atoms with Crippen molar-refractivity contribution in [2.75, 3.05) is 6.61 Å². The quantitative estimate of drug-likeness (QED) is 0.448. The minimum atomic E-state index is -0.322. The van der Waals surface area contributed by atoms with Gasteiger partial charge in [-0.15, -0.1) is 10.2 Å². The first-order valence-electron chi connectivity index (χ1n) is 7.85. The van der Waals surface area contributed by atoms with Crippen LogP contribution < -0.4 is 4.74 Å². The highest BCUT2D eigenvalue weighted by atomic mass is 19.1. The van der Waals surface area contributed by atoms with Gasteiger partial charge in [0, 0.05) is 12.5 Å². The molecule has 26 heavy (non-hydrogen) atoms. The maximum atomic E-state index is 13.1. The van der Waals surface area contributed by atoms with Crippen molar-refractivity contribution in [3.05, 3.63) is 59.3 Å². The van der Waals surface area contributed by atoms with Crippen molar-refractivity contribution in [2.45, 2.75) is 20.0 Å². The topological polar surface area (TPSA) is 92.0 Å². The molecule has 0 atom stereocenters. The molecular formula is C17H16FN5O3. The third-order valence-corrected chi connectivity index (χ3v) is 3.62. The third kappa shape index (κ3) is 4.18. The number of ether oxygens (including phenoxy) is 2. The molecule has 134 valence electrons. The summed E-state index contributed by atoms with van der Waals surface area (Å²) in [6.07, 6.45) is 0.479. The number of aromatic nitrogens is 5. The number of hydrogen-bond donors (Lipinski definition) is 0. The van der Waals surface area contributed by atoms with Gasteiger partial charge in [0.05, 0.1) is 23.7 Å². The van der Waals surface area contributed by atoms with Crippen LogP contribution in [0.5, 0.6) is 5.88 Å². The van der Waals surface area contributed by atoms with E-state index in [0.29, 0.717) is 35.8 Å². The number of halogens is 1. The molecule has 8 nitrogen and oxygen atoms in total. The summed E-state index contributed by atoms with van der Waals surface area (Å²) in [6.45, 7) is 2.64. The Labute approximate surface area is 148 Å². The van der Waals surface area contributed by atoms with Gasteiger partial charge < -0.3 is 9.47 Å². The van der Waals surface area contributed by atoms with Crippen LogP contribution in [-0.2, 0) is 22.6 Å². The van der Waals surface area contributed by atoms with Crippen LogP contribution in [0.1, 0.15) is 17.1 Å². The Balaban J connectivity index is 1.67. The molecule has 0 N–H and O–H groups in total. The summed E-state index contributed by atoms with van der Waals surface area (Å²) in [5.41, 5.74) is 2.79. The van der Waals surface area contributed by atoms with Gasteiger partial charge in [-0.3, -0.25) is 4.79 Å². The van der Waals surface area contributed by atoms with Crippen LogP contribution in [0.4, 0.5) is 4.39 Å². The lowest BCUT2D eigenvalue weighted by molar-refractivity contribution is -0.128. The zero-order valence-electron chi connectivity index (χ0n) is 14.0. The molecule has 0 unspecified atom stereocenters. The summed E-state index contributed by atoms with van der Waals surface area (Å²) in [7, 11) is 0. The van der Waals surface area contributed by atoms with E-state index < -0.39 is 0 Å². The van der Waals surface area contributed by atoms with Gasteiger partial charge in [0.15, 0.2) is 0 Å². The van der Waals surface area contributed by atoms with E-state index >= 15 is 0 Å². The molecule has 9 heteroatoms. The zero-order valence-corrected chi connectivity index (χ0v) is 14.0. The van der Waals surface area contributed by atoms with Crippen molar-refractivity contribution in [2.24, 2.45) is 0 Å². The fourth-order valence-electron chi connectivity index (χ4n) is 2.24. The molecule has 0 saturated carbocycles. The predicted molar refractivity (Wildman–Crippen MR) is 88.1 cm³/mol. The summed E-state index contributed by atoms with van der Waals surface area (Å²) >= 11 is 0. The second-order valence-electron chi connectivity index (χ2n) is 5.38. The number of benzene rings is 1. The van der Waals surface area contributed by atoms with E-state index in [0.717, 1.165) is 5.69 Å². The maximum absolute atomic E-state index is 13.1. The van der Waals surface area contributed by atoms with Crippen molar-refractivity contribution in [3.8, 4) is 11.6 Å². The van der Waals surface area contributed by atoms with Gasteiger partial charge in [-0.1, -0.05) is 5.21 Å². The first-order valence-corrected chi connectivity index (χ1v) is 7.85. The molecule has 3 rings (SSSR count). The van der Waals surface area contributed by atoms with Crippen LogP contribution in [0.15, 0.2) is 36.4 Å². The lowest BCUT2D eigenvalue weighted by atomic mass is 10.3. The number of carbonyl (C=O) groups is 1. The van der Waals surface area contributed by atoms with E-state index in [1.165, 1.54) is 12.1 Å². The molecule has 0 spiro atoms. The van der Waals surface area contributed by atoms with E-state index in [1.54, 1.807) is 28.9 Å². The van der Waals surface area contributed by atoms with E-state index in [2.05, 4.69) is 25.2 Å². The molecule has 2 aromatic heterocycles. The van der Waals surface area contributed by atoms with Crippen LogP contribution in [0.2, 0.25) is 0 Å². The molecule has 3 aromatic rings. The predicted octanol–water partition coefficient (Wildman–Crippen LogP) is 1.80. The van der Waals surface area contributed by atoms with Crippen LogP contribution in [0.25, 0.3) is 5.69 Å². The van der Waals surface area contributed by atoms with Crippen LogP contribution in [0.3, 0.4) is 0 Å². The Hall–Kier alpha value is -3.36. The summed E-state index contributed by atoms with van der Waals surface area (Å²) in [6, 6.07) is 9.38. The number of carbonyl (C=O) groups excluding carboxylic acids is 1. The molecule has 0 radical (unpaired) electrons. The second kappa shape index (κ2) is 8.15. The average Bonchev–Trinajstić information content (AvgIpc) is 3.02. The van der Waals surface area contributed by atoms with Crippen LogP contribution >= 0.6 is 0 Å². The molecule has 0 saturated heterocycles. The minimum absolute atomic E-state index is 0.179. The number of aryl methyl sites for hydroxylation is 1. The Kier molecular flexibility index (Phi) is 5.47. The van der Waals surface area contributed by atoms with E-state index in [4.69, 9.17) is 4.74 Å². The van der Waals surface area contributed by atoms with Gasteiger partial charge in [-0.2, -0.15) is 5.10 Å². The van der Waals surface area contributed by atoms with Gasteiger partial charge in [0.2, 0.25) is 5.88 Å². The lowest BCUT2D eigenvalue weighted by Crippen LogP contribution is -2.08. The molecule has 0 aliphatic carbocycles. The van der Waals surface area contributed by atoms with Crippen molar-refractivity contribution in [1.82, 2.24) is 25.2 Å². The second-order valence-corrected chi connectivity index (χ2v) is 5.38. The fraction of sp³-hybridized carbons (Fsp3) is 0.235. The Morgan fingerprint density at radius 1 is 1.12 bits per heavy atom. The summed E-state index contributed by atoms with van der Waals surface area (Å²) < 4.78 is 25.0. The molecular weight excluding hydrogens is 341 g/mol. The highest BCUT2D eigenvalue weighted by molar-refractivity contribution is 5.37. The van der Waals surface area contributed by atoms with Gasteiger partial charge >= 0.3 is 0 Å². The van der Waals surface area contributed by atoms with Gasteiger partial charge in [-0.25, -0.2) is 9.07 Å². The highest BCUT2D eigenvalue weighted by Crippen LogP contribution is 2.16. The first-order chi connectivity index (χ1) is 12.7. The smallest absolute Gasteiger partial charge is 0.293 e. The van der Waals surface area contributed by atoms with Crippen LogP contribution in [0, 0.1) is 12.7 Å². The monoisotopic (exact) mass is 357 g/mol. The molecule has 0 amide bonds. The van der Waals surface area contributed by atoms with Gasteiger partial charge in [0.1, 0.15) is 18.1 Å². The Morgan fingerprint density at radius 3 is 2.62 bits per heavy atom. The first kappa shape index (κ1) is 17.5. The highest BCUT2D eigenvalue weighted by Gasteiger charge is 2.12. The molecule has 1 aromatic carbocycles. The molecule has 0 aliphatic heterocycles. The van der Waals surface area contributed by atoms with Crippen molar-refractivity contribution in [1.29, 1.82) is 0 Å². The molecule has 0 fully saturated rings. The molecule has 2 heterocycles. The average molecular weight is 357 g/mol. The fourth-order valence-corrected chi connectivity index (χ4v) is 2.24. The van der Waals surface area contributed by atoms with E-state index in [9.17, 15) is 9.18 Å². The molecule has 0 bridgehead atoms. The van der Waals surface area contributed by atoms with Crippen LogP contribution in [-0.4, -0.2) is 38.3 Å². The summed E-state index contributed by atoms with van der Waals surface area (Å²) in [5, 5.41) is 16.1. The van der Waals surface area contributed by atoms with Gasteiger partial charge in [-0.05, 0) is 37.3 Å². The SMILES string of the molecule is Cc1nnn(-c2ccc(F)cc2)c1COc1ccc(CCOC=O)nn1. The van der Waals surface area contributed by atoms with Gasteiger partial charge in [0.25, 0.3) is 6.47 Å². The Bertz CT molecular complexity index is 865. The third-order valence-electron chi connectivity index (χ3n) is 3.62. The van der Waals surface area contributed by atoms with Crippen molar-refractivity contribution < 1.29 is 18.7 Å². The molecule has 0 aliphatic rings. The maximum Gasteiger partial charge on any atom is 0.293 e. The number of nitrogens with zero attached hydrogens (tertiary/aromatic N) is 5. The van der Waals surface area contributed by atoms with Crippen molar-refractivity contribution >= 4 is 6.47 Å².